The fraction of sp³-hybridized carbons (Fsp3) is 0.500. The van der Waals surface area contributed by atoms with Gasteiger partial charge in [0.05, 0.1) is 21.7 Å². The topological polar surface area (TPSA) is 62.3 Å². The highest BCUT2D eigenvalue weighted by molar-refractivity contribution is 7.92. The van der Waals surface area contributed by atoms with Crippen LogP contribution in [0.25, 0.3) is 10.2 Å². The van der Waals surface area contributed by atoms with Crippen LogP contribution in [0.2, 0.25) is 0 Å². The van der Waals surface area contributed by atoms with Crippen molar-refractivity contribution in [1.29, 1.82) is 0 Å². The van der Waals surface area contributed by atoms with Crippen LogP contribution in [0.4, 0.5) is 10.8 Å². The molecular weight excluding hydrogens is 306 g/mol. The number of hydrogen-bond acceptors (Lipinski definition) is 5. The number of rotatable bonds is 4. The number of aryl methyl sites for hydroxylation is 1. The zero-order valence-electron chi connectivity index (χ0n) is 12.2. The minimum Gasteiger partial charge on any atom is -0.362 e. The number of sulfonamides is 1. The standard InChI is InChI=1S/C14H19N3O2S2/c1-3-15-14-16-11-9-12-10(8-13(11)20-14)6-5-7-17(12)21(18,19)4-2/h8-9H,3-7H2,1-2H3,(H,15,16). The van der Waals surface area contributed by atoms with Gasteiger partial charge in [0.25, 0.3) is 0 Å². The minimum absolute atomic E-state index is 0.129. The molecule has 0 bridgehead atoms. The molecule has 1 aliphatic heterocycles. The zero-order valence-corrected chi connectivity index (χ0v) is 13.9. The minimum atomic E-state index is -3.21. The molecular formula is C14H19N3O2S2. The maximum Gasteiger partial charge on any atom is 0.234 e. The van der Waals surface area contributed by atoms with E-state index < -0.39 is 10.0 Å². The fourth-order valence-corrected chi connectivity index (χ4v) is 4.81. The van der Waals surface area contributed by atoms with E-state index in [-0.39, 0.29) is 5.75 Å². The Morgan fingerprint density at radius 3 is 2.90 bits per heavy atom. The lowest BCUT2D eigenvalue weighted by Gasteiger charge is -2.30. The average molecular weight is 325 g/mol. The maximum atomic E-state index is 12.3. The van der Waals surface area contributed by atoms with Crippen LogP contribution in [-0.2, 0) is 16.4 Å². The van der Waals surface area contributed by atoms with E-state index in [0.29, 0.717) is 6.54 Å². The summed E-state index contributed by atoms with van der Waals surface area (Å²) in [6.45, 7) is 5.12. The van der Waals surface area contributed by atoms with Crippen molar-refractivity contribution >= 4 is 42.4 Å². The van der Waals surface area contributed by atoms with Crippen LogP contribution in [-0.4, -0.2) is 32.2 Å². The fourth-order valence-electron chi connectivity index (χ4n) is 2.64. The Morgan fingerprint density at radius 1 is 1.38 bits per heavy atom. The predicted octanol–water partition coefficient (Wildman–Crippen LogP) is 2.83. The Balaban J connectivity index is 2.12. The van der Waals surface area contributed by atoms with E-state index in [1.807, 2.05) is 13.0 Å². The Hall–Kier alpha value is -1.34. The summed E-state index contributed by atoms with van der Waals surface area (Å²) in [6.07, 6.45) is 1.80. The molecule has 1 N–H and O–H groups in total. The van der Waals surface area contributed by atoms with Gasteiger partial charge in [-0.1, -0.05) is 11.3 Å². The second-order valence-corrected chi connectivity index (χ2v) is 8.29. The summed E-state index contributed by atoms with van der Waals surface area (Å²) in [5.41, 5.74) is 2.79. The van der Waals surface area contributed by atoms with Crippen LogP contribution in [0, 0.1) is 0 Å². The van der Waals surface area contributed by atoms with E-state index in [1.165, 1.54) is 0 Å². The van der Waals surface area contributed by atoms with Gasteiger partial charge in [-0.25, -0.2) is 13.4 Å². The first-order valence-corrected chi connectivity index (χ1v) is 9.65. The summed E-state index contributed by atoms with van der Waals surface area (Å²) in [5.74, 6) is 0.129. The van der Waals surface area contributed by atoms with Crippen molar-refractivity contribution in [2.24, 2.45) is 0 Å². The summed E-state index contributed by atoms with van der Waals surface area (Å²) in [7, 11) is -3.21. The molecule has 0 saturated carbocycles. The van der Waals surface area contributed by atoms with Gasteiger partial charge in [0.2, 0.25) is 10.0 Å². The molecule has 2 aromatic rings. The first kappa shape index (κ1) is 14.6. The van der Waals surface area contributed by atoms with Gasteiger partial charge in [-0.2, -0.15) is 0 Å². The molecule has 0 saturated heterocycles. The zero-order chi connectivity index (χ0) is 15.0. The highest BCUT2D eigenvalue weighted by atomic mass is 32.2. The molecule has 0 unspecified atom stereocenters. The van der Waals surface area contributed by atoms with Gasteiger partial charge in [-0.05, 0) is 44.4 Å². The van der Waals surface area contributed by atoms with Crippen LogP contribution in [0.15, 0.2) is 12.1 Å². The van der Waals surface area contributed by atoms with E-state index in [2.05, 4.69) is 16.4 Å². The summed E-state index contributed by atoms with van der Waals surface area (Å²) in [4.78, 5) is 4.54. The van der Waals surface area contributed by atoms with Gasteiger partial charge in [0.15, 0.2) is 5.13 Å². The monoisotopic (exact) mass is 325 g/mol. The molecule has 5 nitrogen and oxygen atoms in total. The first-order chi connectivity index (χ1) is 10.0. The van der Waals surface area contributed by atoms with Gasteiger partial charge in [-0.15, -0.1) is 0 Å². The lowest BCUT2D eigenvalue weighted by Crippen LogP contribution is -2.36. The Labute approximate surface area is 129 Å². The average Bonchev–Trinajstić information content (AvgIpc) is 2.85. The van der Waals surface area contributed by atoms with Crippen molar-refractivity contribution in [1.82, 2.24) is 4.98 Å². The molecule has 0 amide bonds. The van der Waals surface area contributed by atoms with Gasteiger partial charge >= 0.3 is 0 Å². The van der Waals surface area contributed by atoms with Gasteiger partial charge in [-0.3, -0.25) is 4.31 Å². The van der Waals surface area contributed by atoms with Crippen LogP contribution in [0.3, 0.4) is 0 Å². The van der Waals surface area contributed by atoms with Crippen molar-refractivity contribution in [3.05, 3.63) is 17.7 Å². The molecule has 21 heavy (non-hydrogen) atoms. The molecule has 0 fully saturated rings. The molecule has 3 rings (SSSR count). The van der Waals surface area contributed by atoms with E-state index in [9.17, 15) is 8.42 Å². The van der Waals surface area contributed by atoms with Crippen molar-refractivity contribution in [3.8, 4) is 0 Å². The second kappa shape index (κ2) is 5.46. The molecule has 0 aliphatic carbocycles. The number of hydrogen-bond donors (Lipinski definition) is 1. The number of aromatic nitrogens is 1. The van der Waals surface area contributed by atoms with E-state index in [4.69, 9.17) is 0 Å². The maximum absolute atomic E-state index is 12.3. The number of nitrogens with one attached hydrogen (secondary N) is 1. The highest BCUT2D eigenvalue weighted by Crippen LogP contribution is 2.36. The quantitative estimate of drug-likeness (QED) is 0.939. The normalized spacial score (nSPS) is 15.2. The summed E-state index contributed by atoms with van der Waals surface area (Å²) in [5, 5.41) is 4.10. The Morgan fingerprint density at radius 2 is 2.19 bits per heavy atom. The van der Waals surface area contributed by atoms with Crippen LogP contribution in [0.1, 0.15) is 25.8 Å². The van der Waals surface area contributed by atoms with Crippen molar-refractivity contribution < 1.29 is 8.42 Å². The first-order valence-electron chi connectivity index (χ1n) is 7.23. The van der Waals surface area contributed by atoms with Crippen molar-refractivity contribution in [2.45, 2.75) is 26.7 Å². The van der Waals surface area contributed by atoms with Crippen LogP contribution >= 0.6 is 11.3 Å². The third-order valence-electron chi connectivity index (χ3n) is 3.69. The van der Waals surface area contributed by atoms with Crippen LogP contribution in [0.5, 0.6) is 0 Å². The largest absolute Gasteiger partial charge is 0.362 e. The smallest absolute Gasteiger partial charge is 0.234 e. The molecule has 2 heterocycles. The Bertz CT molecular complexity index is 768. The molecule has 1 aromatic heterocycles. The number of fused-ring (bicyclic) bond motifs is 2. The summed E-state index contributed by atoms with van der Waals surface area (Å²) >= 11 is 1.62. The van der Waals surface area contributed by atoms with Crippen molar-refractivity contribution in [2.75, 3.05) is 28.5 Å². The Kier molecular flexibility index (Phi) is 3.79. The highest BCUT2D eigenvalue weighted by Gasteiger charge is 2.26. The molecule has 0 spiro atoms. The predicted molar refractivity (Wildman–Crippen MR) is 88.9 cm³/mol. The van der Waals surface area contributed by atoms with E-state index in [0.717, 1.165) is 46.0 Å². The number of anilines is 2. The van der Waals surface area contributed by atoms with Gasteiger partial charge < -0.3 is 5.32 Å². The molecule has 0 atom stereocenters. The SMILES string of the molecule is CCNc1nc2cc3c(cc2s1)CCCN3S(=O)(=O)CC. The van der Waals surface area contributed by atoms with E-state index >= 15 is 0 Å². The van der Waals surface area contributed by atoms with Crippen molar-refractivity contribution in [3.63, 3.8) is 0 Å². The lowest BCUT2D eigenvalue weighted by molar-refractivity contribution is 0.588. The lowest BCUT2D eigenvalue weighted by atomic mass is 10.0. The third-order valence-corrected chi connectivity index (χ3v) is 6.45. The molecule has 0 radical (unpaired) electrons. The summed E-state index contributed by atoms with van der Waals surface area (Å²) in [6, 6.07) is 4.02. The second-order valence-electron chi connectivity index (χ2n) is 5.07. The number of benzene rings is 1. The van der Waals surface area contributed by atoms with Gasteiger partial charge in [0, 0.05) is 13.1 Å². The van der Waals surface area contributed by atoms with Crippen LogP contribution < -0.4 is 9.62 Å². The van der Waals surface area contributed by atoms with Gasteiger partial charge in [0.1, 0.15) is 0 Å². The number of thiazole rings is 1. The summed E-state index contributed by atoms with van der Waals surface area (Å²) < 4.78 is 27.2. The third kappa shape index (κ3) is 2.60. The molecule has 7 heteroatoms. The molecule has 114 valence electrons. The van der Waals surface area contributed by atoms with E-state index in [1.54, 1.807) is 22.6 Å². The molecule has 1 aliphatic rings. The molecule has 1 aromatic carbocycles. The number of nitrogens with zero attached hydrogens (tertiary/aromatic N) is 2.